The molecule has 0 unspecified atom stereocenters. The monoisotopic (exact) mass is 484 g/mol. The smallest absolute Gasteiger partial charge is 0.261 e. The second kappa shape index (κ2) is 8.76. The molecule has 0 fully saturated rings. The molecular weight excluding hydrogens is 468 g/mol. The van der Waals surface area contributed by atoms with Crippen LogP contribution in [0.5, 0.6) is 0 Å². The van der Waals surface area contributed by atoms with Crippen molar-refractivity contribution in [1.29, 1.82) is 0 Å². The number of nitrogens with one attached hydrogen (secondary N) is 2. The number of thiophene rings is 1. The summed E-state index contributed by atoms with van der Waals surface area (Å²) in [5.41, 5.74) is 0.213. The van der Waals surface area contributed by atoms with Crippen molar-refractivity contribution in [3.8, 4) is 0 Å². The Morgan fingerprint density at radius 3 is 2.27 bits per heavy atom. The third kappa shape index (κ3) is 5.39. The van der Waals surface area contributed by atoms with Crippen molar-refractivity contribution in [3.63, 3.8) is 0 Å². The summed E-state index contributed by atoms with van der Waals surface area (Å²) in [5.74, 6) is -0.497. The van der Waals surface area contributed by atoms with E-state index in [0.29, 0.717) is 6.54 Å². The highest BCUT2D eigenvalue weighted by Gasteiger charge is 2.19. The quantitative estimate of drug-likeness (QED) is 0.533. The van der Waals surface area contributed by atoms with E-state index in [0.717, 1.165) is 11.1 Å². The molecule has 3 aromatic rings. The number of benzene rings is 2. The molecule has 0 aliphatic carbocycles. The number of rotatable bonds is 7. The summed E-state index contributed by atoms with van der Waals surface area (Å²) in [5, 5.41) is 4.71. The molecule has 7 nitrogen and oxygen atoms in total. The van der Waals surface area contributed by atoms with Gasteiger partial charge in [0.15, 0.2) is 9.84 Å². The highest BCUT2D eigenvalue weighted by molar-refractivity contribution is 7.92. The van der Waals surface area contributed by atoms with Gasteiger partial charge >= 0.3 is 0 Å². The lowest BCUT2D eigenvalue weighted by Crippen LogP contribution is -2.23. The van der Waals surface area contributed by atoms with Crippen molar-refractivity contribution in [3.05, 3.63) is 75.4 Å². The Balaban J connectivity index is 1.80. The van der Waals surface area contributed by atoms with Crippen LogP contribution in [0, 0.1) is 0 Å². The first-order valence-corrected chi connectivity index (χ1v) is 13.1. The van der Waals surface area contributed by atoms with Gasteiger partial charge in [-0.15, -0.1) is 11.3 Å². The molecule has 2 N–H and O–H groups in total. The SMILES string of the molecule is CS(=O)(=O)c1ccc(NS(=O)(=O)c2ccc(Cl)c(C(=O)NCc3cccs3)c2)cc1. The topological polar surface area (TPSA) is 109 Å². The summed E-state index contributed by atoms with van der Waals surface area (Å²) < 4.78 is 50.8. The number of anilines is 1. The molecule has 30 heavy (non-hydrogen) atoms. The average Bonchev–Trinajstić information content (AvgIpc) is 3.19. The van der Waals surface area contributed by atoms with Crippen LogP contribution in [0.4, 0.5) is 5.69 Å². The van der Waals surface area contributed by atoms with Gasteiger partial charge in [0, 0.05) is 16.8 Å². The minimum atomic E-state index is -4.03. The van der Waals surface area contributed by atoms with Crippen LogP contribution in [0.3, 0.4) is 0 Å². The van der Waals surface area contributed by atoms with E-state index in [1.54, 1.807) is 0 Å². The predicted molar refractivity (Wildman–Crippen MR) is 117 cm³/mol. The van der Waals surface area contributed by atoms with Crippen molar-refractivity contribution < 1.29 is 21.6 Å². The van der Waals surface area contributed by atoms with Gasteiger partial charge in [-0.25, -0.2) is 16.8 Å². The van der Waals surface area contributed by atoms with E-state index in [-0.39, 0.29) is 26.1 Å². The van der Waals surface area contributed by atoms with E-state index >= 15 is 0 Å². The number of amides is 1. The zero-order chi connectivity index (χ0) is 21.9. The van der Waals surface area contributed by atoms with Gasteiger partial charge in [0.05, 0.1) is 26.9 Å². The molecule has 0 spiro atoms. The average molecular weight is 485 g/mol. The van der Waals surface area contributed by atoms with Crippen molar-refractivity contribution in [2.24, 2.45) is 0 Å². The van der Waals surface area contributed by atoms with E-state index in [2.05, 4.69) is 10.0 Å². The van der Waals surface area contributed by atoms with Crippen LogP contribution in [0.25, 0.3) is 0 Å². The minimum absolute atomic E-state index is 0.0310. The molecule has 0 radical (unpaired) electrons. The first-order chi connectivity index (χ1) is 14.1. The highest BCUT2D eigenvalue weighted by Crippen LogP contribution is 2.23. The van der Waals surface area contributed by atoms with Crippen molar-refractivity contribution in [2.45, 2.75) is 16.3 Å². The van der Waals surface area contributed by atoms with Crippen LogP contribution in [-0.2, 0) is 26.4 Å². The number of carbonyl (C=O) groups is 1. The maximum atomic E-state index is 12.7. The number of sulfone groups is 1. The molecule has 1 amide bonds. The van der Waals surface area contributed by atoms with Crippen molar-refractivity contribution in [2.75, 3.05) is 11.0 Å². The number of halogens is 1. The Labute approximate surface area is 183 Å². The maximum Gasteiger partial charge on any atom is 0.261 e. The van der Waals surface area contributed by atoms with Gasteiger partial charge in [-0.3, -0.25) is 9.52 Å². The fourth-order valence-corrected chi connectivity index (χ4v) is 5.07. The predicted octanol–water partition coefficient (Wildman–Crippen LogP) is 3.54. The van der Waals surface area contributed by atoms with E-state index < -0.39 is 25.8 Å². The standard InChI is InChI=1S/C19H17ClN2O5S3/c1-29(24,25)15-6-4-13(5-7-15)22-30(26,27)16-8-9-18(20)17(11-16)19(23)21-12-14-3-2-10-28-14/h2-11,22H,12H2,1H3,(H,21,23). The fourth-order valence-electron chi connectivity index (χ4n) is 2.51. The third-order valence-electron chi connectivity index (χ3n) is 4.03. The van der Waals surface area contributed by atoms with Gasteiger partial charge in [0.25, 0.3) is 15.9 Å². The van der Waals surface area contributed by atoms with Gasteiger partial charge in [-0.05, 0) is 53.9 Å². The molecule has 2 aromatic carbocycles. The third-order valence-corrected chi connectivity index (χ3v) is 7.74. The first kappa shape index (κ1) is 22.3. The number of sulfonamides is 1. The van der Waals surface area contributed by atoms with Crippen LogP contribution < -0.4 is 10.0 Å². The summed E-state index contributed by atoms with van der Waals surface area (Å²) in [6.07, 6.45) is 1.06. The van der Waals surface area contributed by atoms with Crippen LogP contribution >= 0.6 is 22.9 Å². The van der Waals surface area contributed by atoms with E-state index in [9.17, 15) is 21.6 Å². The van der Waals surface area contributed by atoms with Gasteiger partial charge < -0.3 is 5.32 Å². The van der Waals surface area contributed by atoms with Gasteiger partial charge in [0.2, 0.25) is 0 Å². The lowest BCUT2D eigenvalue weighted by molar-refractivity contribution is 0.0951. The Morgan fingerprint density at radius 2 is 1.67 bits per heavy atom. The molecule has 158 valence electrons. The zero-order valence-electron chi connectivity index (χ0n) is 15.6. The molecule has 3 rings (SSSR count). The fraction of sp³-hybridized carbons (Fsp3) is 0.105. The zero-order valence-corrected chi connectivity index (χ0v) is 18.8. The molecular formula is C19H17ClN2O5S3. The lowest BCUT2D eigenvalue weighted by atomic mass is 10.2. The van der Waals surface area contributed by atoms with Gasteiger partial charge in [-0.2, -0.15) is 0 Å². The Kier molecular flexibility index (Phi) is 6.51. The van der Waals surface area contributed by atoms with E-state index in [1.807, 2.05) is 17.5 Å². The minimum Gasteiger partial charge on any atom is -0.347 e. The molecule has 0 saturated heterocycles. The van der Waals surface area contributed by atoms with Crippen molar-refractivity contribution in [1.82, 2.24) is 5.32 Å². The molecule has 0 aliphatic rings. The Hall–Kier alpha value is -2.40. The summed E-state index contributed by atoms with van der Waals surface area (Å²) in [6, 6.07) is 12.8. The number of hydrogen-bond donors (Lipinski definition) is 2. The molecule has 0 saturated carbocycles. The van der Waals surface area contributed by atoms with E-state index in [1.165, 1.54) is 53.8 Å². The van der Waals surface area contributed by atoms with Crippen LogP contribution in [0.2, 0.25) is 5.02 Å². The van der Waals surface area contributed by atoms with Gasteiger partial charge in [0.1, 0.15) is 0 Å². The second-order valence-electron chi connectivity index (χ2n) is 6.31. The van der Waals surface area contributed by atoms with Crippen LogP contribution in [0.1, 0.15) is 15.2 Å². The van der Waals surface area contributed by atoms with Crippen LogP contribution in [-0.4, -0.2) is 29.0 Å². The summed E-state index contributed by atoms with van der Waals surface area (Å²) >= 11 is 7.58. The highest BCUT2D eigenvalue weighted by atomic mass is 35.5. The molecule has 0 aliphatic heterocycles. The molecule has 11 heteroatoms. The van der Waals surface area contributed by atoms with Crippen molar-refractivity contribution >= 4 is 54.4 Å². The second-order valence-corrected chi connectivity index (χ2v) is 11.4. The molecule has 1 aromatic heterocycles. The Bertz CT molecular complexity index is 1270. The largest absolute Gasteiger partial charge is 0.347 e. The van der Waals surface area contributed by atoms with Gasteiger partial charge in [-0.1, -0.05) is 17.7 Å². The first-order valence-electron chi connectivity index (χ1n) is 8.49. The van der Waals surface area contributed by atoms with E-state index in [4.69, 9.17) is 11.6 Å². The lowest BCUT2D eigenvalue weighted by Gasteiger charge is -2.11. The number of carbonyl (C=O) groups excluding carboxylic acids is 1. The summed E-state index contributed by atoms with van der Waals surface area (Å²) in [6.45, 7) is 0.300. The molecule has 0 bridgehead atoms. The summed E-state index contributed by atoms with van der Waals surface area (Å²) in [7, 11) is -7.42. The maximum absolute atomic E-state index is 12.7. The Morgan fingerprint density at radius 1 is 1.00 bits per heavy atom. The number of hydrogen-bond acceptors (Lipinski definition) is 6. The normalized spacial score (nSPS) is 11.8. The molecule has 1 heterocycles. The molecule has 0 atom stereocenters. The van der Waals surface area contributed by atoms with Crippen LogP contribution in [0.15, 0.2) is 69.8 Å². The summed E-state index contributed by atoms with van der Waals surface area (Å²) in [4.78, 5) is 13.3.